The Morgan fingerprint density at radius 1 is 0.165 bits per heavy atom. The van der Waals surface area contributed by atoms with Gasteiger partial charge in [-0.1, -0.05) is 375 Å². The lowest BCUT2D eigenvalue weighted by Gasteiger charge is -2.29. The van der Waals surface area contributed by atoms with Crippen LogP contribution in [-0.4, -0.2) is 0 Å². The van der Waals surface area contributed by atoms with Crippen molar-refractivity contribution in [3.63, 3.8) is 0 Å². The van der Waals surface area contributed by atoms with E-state index in [2.05, 4.69) is 475 Å². The largest absolute Gasteiger partial charge is 0.455 e. The summed E-state index contributed by atoms with van der Waals surface area (Å²) in [7, 11) is 0. The summed E-state index contributed by atoms with van der Waals surface area (Å²) in [6.07, 6.45) is 0. The number of hydrogen-bond acceptors (Lipinski definition) is 6. The van der Waals surface area contributed by atoms with Crippen LogP contribution < -0.4 is 14.7 Å². The maximum Gasteiger partial charge on any atom is 0.143 e. The molecule has 3 aliphatic rings. The first-order valence-electron chi connectivity index (χ1n) is 46.1. The van der Waals surface area contributed by atoms with Gasteiger partial charge in [0, 0.05) is 116 Å². The van der Waals surface area contributed by atoms with E-state index in [4.69, 9.17) is 13.3 Å². The Balaban J connectivity index is 0.000000110. The highest BCUT2D eigenvalue weighted by Crippen LogP contribution is 2.56. The van der Waals surface area contributed by atoms with E-state index in [0.717, 1.165) is 150 Å². The standard InChI is InChI=1S/C45H33NO.C43H31NO.C39H29NO/c1-45(2)41-17-8-6-13-37(41)38-28-27-35(29-42(38)45)46(33-23-19-31(20-24-33)30-11-4-3-5-12-30)34-25-21-32(22-26-34)36-15-10-16-40-39-14-7-9-18-43(39)47-44(36)40;1-43(2)38-18-7-5-14-34(38)35-26-25-31(27-39(35)43)44(40-19-9-12-28-11-3-4-13-32(28)40)30-23-21-29(22-24-30)33-16-10-17-37-36-15-6-8-20-41(36)45-42(33)37;1-39(2)35-17-8-6-13-31(35)32-24-23-29(25-36(32)39)40(27-11-4-3-5-12-27)28-21-19-26(20-22-28)30-15-10-16-34-33-14-7-9-18-37(33)41-38(30)34/h3-29H,1-2H3;3-27H,1-2H3;3-25H,1-2H3. The molecule has 3 aromatic heterocycles. The lowest BCUT2D eigenvalue weighted by molar-refractivity contribution is 0.660. The van der Waals surface area contributed by atoms with Crippen LogP contribution in [-0.2, 0) is 16.2 Å². The summed E-state index contributed by atoms with van der Waals surface area (Å²) in [5.41, 5.74) is 40.9. The average Bonchev–Trinajstić information content (AvgIpc) is 1.59. The van der Waals surface area contributed by atoms with Gasteiger partial charge >= 0.3 is 0 Å². The maximum absolute atomic E-state index is 6.38. The van der Waals surface area contributed by atoms with Gasteiger partial charge in [-0.2, -0.15) is 0 Å². The van der Waals surface area contributed by atoms with Gasteiger partial charge in [-0.3, -0.25) is 0 Å². The zero-order chi connectivity index (χ0) is 89.2. The average molecular weight is 1710 g/mol. The van der Waals surface area contributed by atoms with Crippen LogP contribution in [0.5, 0.6) is 0 Å². The molecule has 20 aromatic carbocycles. The van der Waals surface area contributed by atoms with Crippen LogP contribution in [0.4, 0.5) is 51.2 Å². The Kier molecular flexibility index (Phi) is 19.2. The summed E-state index contributed by atoms with van der Waals surface area (Å²) in [6, 6.07) is 163. The van der Waals surface area contributed by atoms with E-state index in [9.17, 15) is 0 Å². The minimum absolute atomic E-state index is 0.0561. The topological polar surface area (TPSA) is 49.1 Å². The summed E-state index contributed by atoms with van der Waals surface area (Å²) in [5, 5.41) is 9.33. The van der Waals surface area contributed by atoms with Crippen molar-refractivity contribution in [1.82, 2.24) is 0 Å². The molecule has 0 saturated carbocycles. The molecule has 0 saturated heterocycles. The third-order valence-electron chi connectivity index (χ3n) is 28.3. The van der Waals surface area contributed by atoms with Crippen molar-refractivity contribution < 1.29 is 13.3 Å². The summed E-state index contributed by atoms with van der Waals surface area (Å²) in [4.78, 5) is 7.14. The zero-order valence-corrected chi connectivity index (χ0v) is 74.9. The monoisotopic (exact) mass is 1710 g/mol. The van der Waals surface area contributed by atoms with Gasteiger partial charge in [0.15, 0.2) is 0 Å². The summed E-state index contributed by atoms with van der Waals surface area (Å²) < 4.78 is 19.1. The van der Waals surface area contributed by atoms with Crippen LogP contribution in [0.2, 0.25) is 0 Å². The Hall–Kier alpha value is -16.5. The van der Waals surface area contributed by atoms with Crippen LogP contribution in [0.15, 0.2) is 468 Å². The van der Waals surface area contributed by atoms with E-state index in [1.165, 1.54) is 88.7 Å². The molecule has 23 aromatic rings. The number of hydrogen-bond donors (Lipinski definition) is 0. The molecule has 0 fully saturated rings. The molecule has 0 radical (unpaired) electrons. The number of para-hydroxylation sites is 7. The number of rotatable bonds is 13. The molecule has 0 amide bonds. The van der Waals surface area contributed by atoms with Crippen molar-refractivity contribution >= 4 is 128 Å². The first-order chi connectivity index (χ1) is 65.2. The predicted octanol–water partition coefficient (Wildman–Crippen LogP) is 35.9. The Bertz CT molecular complexity index is 8460. The van der Waals surface area contributed by atoms with E-state index in [1.807, 2.05) is 36.4 Å². The minimum atomic E-state index is -0.0834. The number of benzene rings is 20. The molecule has 3 heterocycles. The first kappa shape index (κ1) is 79.8. The summed E-state index contributed by atoms with van der Waals surface area (Å²) >= 11 is 0. The second kappa shape index (κ2) is 32.0. The van der Waals surface area contributed by atoms with E-state index in [-0.39, 0.29) is 16.2 Å². The number of fused-ring (bicyclic) bond motifs is 19. The van der Waals surface area contributed by atoms with Gasteiger partial charge in [-0.15, -0.1) is 0 Å². The SMILES string of the molecule is CC1(C)c2ccccc2-c2ccc(N(c3ccc(-c4cccc5c4oc4ccccc45)cc3)c3cccc4ccccc34)cc21.CC1(C)c2ccccc2-c2ccc(N(c3ccc(-c4ccccc4)cc3)c3ccc(-c4cccc5c4oc4ccccc45)cc3)cc21.CC1(C)c2ccccc2-c2ccc(N(c3ccccc3)c3ccc(-c4cccc5c4oc4ccccc45)cc3)cc21. The predicted molar refractivity (Wildman–Crippen MR) is 557 cm³/mol. The van der Waals surface area contributed by atoms with Crippen molar-refractivity contribution in [2.75, 3.05) is 14.7 Å². The van der Waals surface area contributed by atoms with Gasteiger partial charge in [0.2, 0.25) is 0 Å². The number of nitrogens with zero attached hydrogens (tertiary/aromatic N) is 3. The molecule has 0 N–H and O–H groups in total. The van der Waals surface area contributed by atoms with Crippen LogP contribution in [0.1, 0.15) is 74.9 Å². The molecule has 0 bridgehead atoms. The second-order valence-electron chi connectivity index (χ2n) is 36.9. The highest BCUT2D eigenvalue weighted by atomic mass is 16.3. The molecule has 133 heavy (non-hydrogen) atoms. The van der Waals surface area contributed by atoms with Crippen LogP contribution in [0.3, 0.4) is 0 Å². The molecule has 26 rings (SSSR count). The first-order valence-corrected chi connectivity index (χ1v) is 46.1. The van der Waals surface area contributed by atoms with Crippen molar-refractivity contribution in [2.24, 2.45) is 0 Å². The minimum Gasteiger partial charge on any atom is -0.455 e. The molecular weight excluding hydrogens is 1620 g/mol. The number of anilines is 9. The molecular formula is C127H93N3O3. The molecule has 0 aliphatic heterocycles. The quantitative estimate of drug-likeness (QED) is 0.115. The zero-order valence-electron chi connectivity index (χ0n) is 74.9. The molecule has 6 nitrogen and oxygen atoms in total. The highest BCUT2D eigenvalue weighted by Gasteiger charge is 2.39. The fourth-order valence-corrected chi connectivity index (χ4v) is 21.5. The van der Waals surface area contributed by atoms with Gasteiger partial charge in [0.25, 0.3) is 0 Å². The van der Waals surface area contributed by atoms with Crippen molar-refractivity contribution in [1.29, 1.82) is 0 Å². The third kappa shape index (κ3) is 13.5. The summed E-state index contributed by atoms with van der Waals surface area (Å²) in [5.74, 6) is 0. The van der Waals surface area contributed by atoms with Crippen LogP contribution in [0.25, 0.3) is 154 Å². The van der Waals surface area contributed by atoms with Gasteiger partial charge < -0.3 is 28.0 Å². The number of furan rings is 3. The van der Waals surface area contributed by atoms with E-state index in [1.54, 1.807) is 0 Å². The van der Waals surface area contributed by atoms with Gasteiger partial charge in [-0.25, -0.2) is 0 Å². The second-order valence-corrected chi connectivity index (χ2v) is 36.9. The molecule has 3 aliphatic carbocycles. The van der Waals surface area contributed by atoms with Gasteiger partial charge in [0.1, 0.15) is 33.5 Å². The third-order valence-corrected chi connectivity index (χ3v) is 28.3. The van der Waals surface area contributed by atoms with Gasteiger partial charge in [-0.05, 0) is 221 Å². The van der Waals surface area contributed by atoms with Gasteiger partial charge in [0.05, 0.1) is 5.69 Å². The van der Waals surface area contributed by atoms with E-state index < -0.39 is 0 Å². The Morgan fingerprint density at radius 2 is 0.421 bits per heavy atom. The fourth-order valence-electron chi connectivity index (χ4n) is 21.5. The van der Waals surface area contributed by atoms with E-state index in [0.29, 0.717) is 0 Å². The fraction of sp³-hybridized carbons (Fsp3) is 0.0709. The molecule has 0 atom stereocenters. The van der Waals surface area contributed by atoms with E-state index >= 15 is 0 Å². The van der Waals surface area contributed by atoms with Crippen molar-refractivity contribution in [3.8, 4) is 77.9 Å². The lowest BCUT2D eigenvalue weighted by Crippen LogP contribution is -2.16. The molecule has 0 unspecified atom stereocenters. The van der Waals surface area contributed by atoms with Crippen molar-refractivity contribution in [2.45, 2.75) is 57.8 Å². The highest BCUT2D eigenvalue weighted by molar-refractivity contribution is 6.13. The maximum atomic E-state index is 6.38. The van der Waals surface area contributed by atoms with Crippen molar-refractivity contribution in [3.05, 3.63) is 488 Å². The summed E-state index contributed by atoms with van der Waals surface area (Å²) in [6.45, 7) is 14.0. The Labute approximate surface area is 774 Å². The smallest absolute Gasteiger partial charge is 0.143 e. The molecule has 634 valence electrons. The van der Waals surface area contributed by atoms with Crippen LogP contribution in [0, 0.1) is 0 Å². The Morgan fingerprint density at radius 3 is 0.812 bits per heavy atom. The molecule has 6 heteroatoms. The molecule has 0 spiro atoms. The lowest BCUT2D eigenvalue weighted by atomic mass is 9.82. The normalized spacial score (nSPS) is 13.2. The van der Waals surface area contributed by atoms with Crippen LogP contribution >= 0.6 is 0 Å².